The number of aromatic nitrogens is 2. The number of pyridine rings is 2. The minimum Gasteiger partial charge on any atom is -0.481 e. The van der Waals surface area contributed by atoms with Crippen LogP contribution < -0.4 is 20.7 Å². The van der Waals surface area contributed by atoms with Gasteiger partial charge in [-0.15, -0.1) is 0 Å². The highest BCUT2D eigenvalue weighted by Crippen LogP contribution is 2.31. The van der Waals surface area contributed by atoms with Crippen molar-refractivity contribution in [3.8, 4) is 5.88 Å². The molecular weight excluding hydrogens is 426 g/mol. The number of halogens is 4. The first-order valence-electron chi connectivity index (χ1n) is 9.85. The summed E-state index contributed by atoms with van der Waals surface area (Å²) in [4.78, 5) is 7.44. The average Bonchev–Trinajstić information content (AvgIpc) is 3.15. The summed E-state index contributed by atoms with van der Waals surface area (Å²) in [5.41, 5.74) is 2.90. The van der Waals surface area contributed by atoms with E-state index in [0.29, 0.717) is 17.5 Å². The van der Waals surface area contributed by atoms with Crippen LogP contribution in [0, 0.1) is 5.95 Å². The van der Waals surface area contributed by atoms with Gasteiger partial charge in [0.25, 0.3) is 0 Å². The highest BCUT2D eigenvalue weighted by atomic mass is 19.4. The molecule has 3 N–H and O–H groups in total. The third-order valence-corrected chi connectivity index (χ3v) is 5.16. The maximum atomic E-state index is 14.7. The third-order valence-electron chi connectivity index (χ3n) is 5.16. The molecule has 0 fully saturated rings. The lowest BCUT2D eigenvalue weighted by Crippen LogP contribution is -2.36. The predicted molar refractivity (Wildman–Crippen MR) is 111 cm³/mol. The van der Waals surface area contributed by atoms with E-state index in [0.717, 1.165) is 22.8 Å². The number of alkyl halides is 3. The highest BCUT2D eigenvalue weighted by molar-refractivity contribution is 5.49. The van der Waals surface area contributed by atoms with Gasteiger partial charge in [-0.3, -0.25) is 0 Å². The Kier molecular flexibility index (Phi) is 5.77. The van der Waals surface area contributed by atoms with E-state index in [-0.39, 0.29) is 24.4 Å². The summed E-state index contributed by atoms with van der Waals surface area (Å²) in [6.45, 7) is 2.05. The second-order valence-corrected chi connectivity index (χ2v) is 7.46. The van der Waals surface area contributed by atoms with Crippen LogP contribution >= 0.6 is 0 Å². The Labute approximate surface area is 182 Å². The number of hydrogen-bond donors (Lipinski definition) is 3. The van der Waals surface area contributed by atoms with Crippen LogP contribution in [0.4, 0.5) is 23.4 Å². The number of fused-ring (bicyclic) bond motifs is 1. The largest absolute Gasteiger partial charge is 0.481 e. The Bertz CT molecular complexity index is 1120. The van der Waals surface area contributed by atoms with Gasteiger partial charge < -0.3 is 20.7 Å². The lowest BCUT2D eigenvalue weighted by atomic mass is 9.97. The Morgan fingerprint density at radius 1 is 1.06 bits per heavy atom. The number of rotatable bonds is 6. The number of ether oxygens (including phenoxy) is 1. The molecule has 32 heavy (non-hydrogen) atoms. The van der Waals surface area contributed by atoms with Crippen molar-refractivity contribution in [3.05, 3.63) is 82.2 Å². The van der Waals surface area contributed by atoms with Crippen LogP contribution in [-0.2, 0) is 19.1 Å². The summed E-state index contributed by atoms with van der Waals surface area (Å²) < 4.78 is 58.1. The second kappa shape index (κ2) is 8.52. The first-order valence-corrected chi connectivity index (χ1v) is 9.85. The Morgan fingerprint density at radius 2 is 1.81 bits per heavy atom. The fourth-order valence-corrected chi connectivity index (χ4v) is 3.53. The fourth-order valence-electron chi connectivity index (χ4n) is 3.53. The van der Waals surface area contributed by atoms with E-state index in [4.69, 9.17) is 4.74 Å². The van der Waals surface area contributed by atoms with Gasteiger partial charge in [-0.25, -0.2) is 9.97 Å². The minimum atomic E-state index is -4.57. The molecule has 6 nitrogen and oxygen atoms in total. The summed E-state index contributed by atoms with van der Waals surface area (Å²) in [6.07, 6.45) is 1.63. The molecular formula is C22H21F4N5O. The van der Waals surface area contributed by atoms with Gasteiger partial charge in [0, 0.05) is 36.5 Å². The summed E-state index contributed by atoms with van der Waals surface area (Å²) in [5, 5.41) is 9.34. The number of nitrogens with zero attached hydrogens (tertiary/aromatic N) is 2. The standard InChI is InChI=1S/C22H21F4N5O/c1-12-7-16-15(11-29-20(16)28-9-12)8-13-4-6-18(31-19(13)23)27-10-14-3-5-17(22(24,25)26)30-21(14)32-2/h3-7,9,11,20,28-29H,8,10H2,1-2H3,(H,27,31). The number of methoxy groups -OCH3 is 1. The maximum absolute atomic E-state index is 14.7. The topological polar surface area (TPSA) is 71.1 Å². The number of nitrogens with one attached hydrogen (secondary N) is 3. The molecule has 0 radical (unpaired) electrons. The third kappa shape index (κ3) is 4.53. The number of dihydropyridines is 1. The van der Waals surface area contributed by atoms with Crippen molar-refractivity contribution in [2.24, 2.45) is 0 Å². The normalized spacial score (nSPS) is 17.4. The molecule has 0 amide bonds. The van der Waals surface area contributed by atoms with Crippen molar-refractivity contribution in [3.63, 3.8) is 0 Å². The molecule has 1 atom stereocenters. The van der Waals surface area contributed by atoms with Crippen LogP contribution in [0.15, 0.2) is 59.5 Å². The molecule has 10 heteroatoms. The van der Waals surface area contributed by atoms with Gasteiger partial charge in [0.05, 0.1) is 7.11 Å². The molecule has 0 aromatic carbocycles. The van der Waals surface area contributed by atoms with Gasteiger partial charge in [0.15, 0.2) is 0 Å². The predicted octanol–water partition coefficient (Wildman–Crippen LogP) is 4.04. The Balaban J connectivity index is 1.44. The zero-order chi connectivity index (χ0) is 22.9. The lowest BCUT2D eigenvalue weighted by Gasteiger charge is -2.20. The van der Waals surface area contributed by atoms with E-state index in [2.05, 4.69) is 32.0 Å². The Hall–Kier alpha value is -3.56. The summed E-state index contributed by atoms with van der Waals surface area (Å²) >= 11 is 0. The lowest BCUT2D eigenvalue weighted by molar-refractivity contribution is -0.141. The number of hydrogen-bond acceptors (Lipinski definition) is 6. The Morgan fingerprint density at radius 3 is 2.53 bits per heavy atom. The molecule has 1 unspecified atom stereocenters. The molecule has 2 aliphatic rings. The van der Waals surface area contributed by atoms with E-state index >= 15 is 0 Å². The van der Waals surface area contributed by atoms with E-state index in [1.807, 2.05) is 19.3 Å². The van der Waals surface area contributed by atoms with Crippen molar-refractivity contribution in [2.45, 2.75) is 32.2 Å². The minimum absolute atomic E-state index is 0.0158. The van der Waals surface area contributed by atoms with Crippen molar-refractivity contribution >= 4 is 5.82 Å². The SMILES string of the molecule is COc1nc(C(F)(F)F)ccc1CNc1ccc(CC2=CNC3NC=C(C)C=C23)c(F)n1. The van der Waals surface area contributed by atoms with Crippen LogP contribution in [0.5, 0.6) is 5.88 Å². The van der Waals surface area contributed by atoms with Crippen molar-refractivity contribution < 1.29 is 22.3 Å². The van der Waals surface area contributed by atoms with Crippen molar-refractivity contribution in [1.82, 2.24) is 20.6 Å². The van der Waals surface area contributed by atoms with E-state index in [1.165, 1.54) is 13.2 Å². The zero-order valence-electron chi connectivity index (χ0n) is 17.3. The van der Waals surface area contributed by atoms with Gasteiger partial charge in [-0.05, 0) is 41.8 Å². The smallest absolute Gasteiger partial charge is 0.433 e. The van der Waals surface area contributed by atoms with Crippen LogP contribution in [0.25, 0.3) is 0 Å². The maximum Gasteiger partial charge on any atom is 0.433 e. The van der Waals surface area contributed by atoms with E-state index < -0.39 is 17.8 Å². The summed E-state index contributed by atoms with van der Waals surface area (Å²) in [5.74, 6) is -0.520. The summed E-state index contributed by atoms with van der Waals surface area (Å²) in [6, 6.07) is 5.41. The van der Waals surface area contributed by atoms with Gasteiger partial charge in [0.1, 0.15) is 17.7 Å². The molecule has 2 aromatic rings. The van der Waals surface area contributed by atoms with Gasteiger partial charge in [0.2, 0.25) is 11.8 Å². The molecule has 168 valence electrons. The number of anilines is 1. The second-order valence-electron chi connectivity index (χ2n) is 7.46. The molecule has 0 aliphatic carbocycles. The highest BCUT2D eigenvalue weighted by Gasteiger charge is 2.33. The van der Waals surface area contributed by atoms with Crippen molar-refractivity contribution in [1.29, 1.82) is 0 Å². The van der Waals surface area contributed by atoms with E-state index in [9.17, 15) is 17.6 Å². The molecule has 0 saturated heterocycles. The summed E-state index contributed by atoms with van der Waals surface area (Å²) in [7, 11) is 1.24. The van der Waals surface area contributed by atoms with Gasteiger partial charge in [-0.2, -0.15) is 17.6 Å². The van der Waals surface area contributed by atoms with Gasteiger partial charge in [-0.1, -0.05) is 12.1 Å². The zero-order valence-corrected chi connectivity index (χ0v) is 17.3. The van der Waals surface area contributed by atoms with Crippen LogP contribution in [-0.4, -0.2) is 23.2 Å². The van der Waals surface area contributed by atoms with Crippen LogP contribution in [0.1, 0.15) is 23.7 Å². The quantitative estimate of drug-likeness (QED) is 0.459. The average molecular weight is 447 g/mol. The molecule has 0 saturated carbocycles. The number of allylic oxidation sites excluding steroid dienone is 2. The van der Waals surface area contributed by atoms with Gasteiger partial charge >= 0.3 is 6.18 Å². The van der Waals surface area contributed by atoms with E-state index in [1.54, 1.807) is 12.1 Å². The molecule has 4 heterocycles. The monoisotopic (exact) mass is 447 g/mol. The first-order chi connectivity index (χ1) is 15.2. The van der Waals surface area contributed by atoms with Crippen molar-refractivity contribution in [2.75, 3.05) is 12.4 Å². The van der Waals surface area contributed by atoms with Crippen LogP contribution in [0.3, 0.4) is 0 Å². The first kappa shape index (κ1) is 21.7. The fraction of sp³-hybridized carbons (Fsp3) is 0.273. The molecule has 4 rings (SSSR count). The molecule has 0 spiro atoms. The molecule has 0 bridgehead atoms. The molecule has 2 aliphatic heterocycles. The molecule has 2 aromatic heterocycles. The van der Waals surface area contributed by atoms with Crippen LogP contribution in [0.2, 0.25) is 0 Å².